The average molecular weight is 422 g/mol. The van der Waals surface area contributed by atoms with Gasteiger partial charge in [-0.15, -0.1) is 0 Å². The summed E-state index contributed by atoms with van der Waals surface area (Å²) in [5.74, 6) is -1.88. The van der Waals surface area contributed by atoms with Crippen molar-refractivity contribution in [2.24, 2.45) is 0 Å². The fourth-order valence-corrected chi connectivity index (χ4v) is 3.85. The van der Waals surface area contributed by atoms with E-state index in [1.54, 1.807) is 19.9 Å². The fraction of sp³-hybridized carbons (Fsp3) is 0.300. The van der Waals surface area contributed by atoms with Crippen molar-refractivity contribution in [3.63, 3.8) is 0 Å². The molecule has 29 heavy (non-hydrogen) atoms. The van der Waals surface area contributed by atoms with Crippen molar-refractivity contribution in [3.8, 4) is 0 Å². The molecule has 2 rings (SSSR count). The number of benzene rings is 2. The van der Waals surface area contributed by atoms with Gasteiger partial charge >= 0.3 is 5.97 Å². The van der Waals surface area contributed by atoms with E-state index in [1.165, 1.54) is 32.0 Å². The Hall–Kier alpha value is -2.94. The molecule has 0 saturated heterocycles. The van der Waals surface area contributed by atoms with Crippen LogP contribution in [0.2, 0.25) is 0 Å². The van der Waals surface area contributed by atoms with Gasteiger partial charge in [-0.2, -0.15) is 0 Å². The van der Waals surface area contributed by atoms with Gasteiger partial charge in [0.05, 0.1) is 16.1 Å². The second kappa shape index (κ2) is 9.04. The highest BCUT2D eigenvalue weighted by molar-refractivity contribution is 7.92. The van der Waals surface area contributed by atoms with E-state index in [1.807, 2.05) is 0 Å². The van der Waals surface area contributed by atoms with Crippen LogP contribution in [-0.4, -0.2) is 32.4 Å². The summed E-state index contributed by atoms with van der Waals surface area (Å²) in [7, 11) is -4.08. The first-order valence-corrected chi connectivity index (χ1v) is 10.4. The maximum atomic E-state index is 13.3. The minimum absolute atomic E-state index is 0.0160. The number of rotatable bonds is 7. The summed E-state index contributed by atoms with van der Waals surface area (Å²) < 4.78 is 46.2. The molecular formula is C20H23FN2O5S. The van der Waals surface area contributed by atoms with Crippen molar-refractivity contribution < 1.29 is 27.1 Å². The van der Waals surface area contributed by atoms with Crippen LogP contribution in [-0.2, 0) is 19.6 Å². The first-order valence-electron chi connectivity index (χ1n) is 8.90. The molecule has 2 aromatic carbocycles. The normalized spacial score (nSPS) is 12.3. The Balaban J connectivity index is 2.26. The zero-order valence-corrected chi connectivity index (χ0v) is 17.3. The molecule has 0 saturated carbocycles. The van der Waals surface area contributed by atoms with E-state index in [4.69, 9.17) is 4.74 Å². The highest BCUT2D eigenvalue weighted by Gasteiger charge is 2.24. The summed E-state index contributed by atoms with van der Waals surface area (Å²) in [5, 5.41) is 2.63. The number of esters is 1. The number of amides is 1. The number of sulfonamides is 1. The maximum absolute atomic E-state index is 13.3. The molecule has 2 N–H and O–H groups in total. The predicted octanol–water partition coefficient (Wildman–Crippen LogP) is 3.00. The van der Waals surface area contributed by atoms with E-state index >= 15 is 0 Å². The van der Waals surface area contributed by atoms with E-state index in [-0.39, 0.29) is 27.8 Å². The van der Waals surface area contributed by atoms with Crippen LogP contribution >= 0.6 is 0 Å². The van der Waals surface area contributed by atoms with Crippen LogP contribution in [0.15, 0.2) is 47.4 Å². The molecule has 7 nitrogen and oxygen atoms in total. The highest BCUT2D eigenvalue weighted by atomic mass is 32.2. The molecule has 0 aliphatic heterocycles. The van der Waals surface area contributed by atoms with E-state index in [9.17, 15) is 22.4 Å². The van der Waals surface area contributed by atoms with Gasteiger partial charge in [-0.1, -0.05) is 12.1 Å². The number of halogens is 1. The van der Waals surface area contributed by atoms with Gasteiger partial charge < -0.3 is 10.1 Å². The van der Waals surface area contributed by atoms with E-state index in [0.29, 0.717) is 0 Å². The van der Waals surface area contributed by atoms with Gasteiger partial charge in [0.15, 0.2) is 6.10 Å². The van der Waals surface area contributed by atoms with Crippen LogP contribution in [0.4, 0.5) is 10.1 Å². The molecule has 0 fully saturated rings. The van der Waals surface area contributed by atoms with Gasteiger partial charge in [0.25, 0.3) is 15.9 Å². The monoisotopic (exact) mass is 422 g/mol. The summed E-state index contributed by atoms with van der Waals surface area (Å²) >= 11 is 0. The molecule has 0 aliphatic carbocycles. The third kappa shape index (κ3) is 5.77. The van der Waals surface area contributed by atoms with Crippen LogP contribution in [0, 0.1) is 12.7 Å². The topological polar surface area (TPSA) is 102 Å². The predicted molar refractivity (Wildman–Crippen MR) is 107 cm³/mol. The summed E-state index contributed by atoms with van der Waals surface area (Å²) in [4.78, 5) is 24.3. The fourth-order valence-electron chi connectivity index (χ4n) is 2.54. The molecule has 0 aliphatic rings. The van der Waals surface area contributed by atoms with E-state index < -0.39 is 33.8 Å². The highest BCUT2D eigenvalue weighted by Crippen LogP contribution is 2.23. The van der Waals surface area contributed by atoms with Gasteiger partial charge in [-0.3, -0.25) is 9.52 Å². The van der Waals surface area contributed by atoms with Gasteiger partial charge in [0, 0.05) is 6.04 Å². The third-order valence-corrected chi connectivity index (χ3v) is 5.43. The Morgan fingerprint density at radius 3 is 2.34 bits per heavy atom. The number of nitrogens with one attached hydrogen (secondary N) is 2. The minimum Gasteiger partial charge on any atom is -0.449 e. The Labute approximate surface area is 169 Å². The lowest BCUT2D eigenvalue weighted by Crippen LogP contribution is -2.39. The Morgan fingerprint density at radius 1 is 1.07 bits per heavy atom. The molecule has 0 radical (unpaired) electrons. The molecule has 156 valence electrons. The van der Waals surface area contributed by atoms with Crippen LogP contribution in [0.1, 0.15) is 36.7 Å². The van der Waals surface area contributed by atoms with E-state index in [0.717, 1.165) is 18.2 Å². The Morgan fingerprint density at radius 2 is 1.72 bits per heavy atom. The second-order valence-electron chi connectivity index (χ2n) is 6.77. The first kappa shape index (κ1) is 22.4. The number of hydrogen-bond donors (Lipinski definition) is 2. The molecule has 1 atom stereocenters. The minimum atomic E-state index is -4.08. The number of hydrogen-bond acceptors (Lipinski definition) is 5. The number of carbonyl (C=O) groups excluding carboxylic acids is 2. The summed E-state index contributed by atoms with van der Waals surface area (Å²) in [6, 6.07) is 9.02. The van der Waals surface area contributed by atoms with Crippen molar-refractivity contribution in [2.75, 3.05) is 4.72 Å². The van der Waals surface area contributed by atoms with Gasteiger partial charge in [-0.25, -0.2) is 17.6 Å². The zero-order chi connectivity index (χ0) is 21.8. The van der Waals surface area contributed by atoms with Crippen molar-refractivity contribution in [2.45, 2.75) is 44.7 Å². The molecule has 9 heteroatoms. The molecular weight excluding hydrogens is 399 g/mol. The largest absolute Gasteiger partial charge is 0.449 e. The standard InChI is InChI=1S/C20H23FN2O5S/c1-12(2)22-19(24)14(4)28-20(25)16-7-5-6-8-17(16)23-29(26,27)18-10-9-15(21)11-13(18)3/h5-12,14,23H,1-4H3,(H,22,24). The molecule has 1 amide bonds. The smallest absolute Gasteiger partial charge is 0.341 e. The summed E-state index contributed by atoms with van der Waals surface area (Å²) in [6.45, 7) is 6.43. The van der Waals surface area contributed by atoms with Crippen LogP contribution in [0.3, 0.4) is 0 Å². The molecule has 0 heterocycles. The van der Waals surface area contributed by atoms with Crippen molar-refractivity contribution in [1.82, 2.24) is 5.32 Å². The summed E-state index contributed by atoms with van der Waals surface area (Å²) in [5.41, 5.74) is 0.147. The molecule has 0 bridgehead atoms. The van der Waals surface area contributed by atoms with Gasteiger partial charge in [0.2, 0.25) is 0 Å². The molecule has 1 unspecified atom stereocenters. The van der Waals surface area contributed by atoms with Crippen molar-refractivity contribution in [3.05, 3.63) is 59.4 Å². The van der Waals surface area contributed by atoms with Gasteiger partial charge in [0.1, 0.15) is 5.82 Å². The number of anilines is 1. The molecule has 2 aromatic rings. The lowest BCUT2D eigenvalue weighted by atomic mass is 10.2. The van der Waals surface area contributed by atoms with Crippen LogP contribution in [0.25, 0.3) is 0 Å². The first-order chi connectivity index (χ1) is 13.5. The number of ether oxygens (including phenoxy) is 1. The lowest BCUT2D eigenvalue weighted by Gasteiger charge is -2.17. The SMILES string of the molecule is Cc1cc(F)ccc1S(=O)(=O)Nc1ccccc1C(=O)OC(C)C(=O)NC(C)C. The maximum Gasteiger partial charge on any atom is 0.341 e. The zero-order valence-electron chi connectivity index (χ0n) is 16.5. The number of carbonyl (C=O) groups is 2. The van der Waals surface area contributed by atoms with Crippen LogP contribution < -0.4 is 10.0 Å². The molecule has 0 aromatic heterocycles. The van der Waals surface area contributed by atoms with Gasteiger partial charge in [-0.05, 0) is 63.6 Å². The Kier molecular flexibility index (Phi) is 6.97. The van der Waals surface area contributed by atoms with E-state index in [2.05, 4.69) is 10.0 Å². The third-order valence-electron chi connectivity index (χ3n) is 3.90. The number of para-hydroxylation sites is 1. The second-order valence-corrected chi connectivity index (χ2v) is 8.42. The quantitative estimate of drug-likeness (QED) is 0.668. The summed E-state index contributed by atoms with van der Waals surface area (Å²) in [6.07, 6.45) is -1.06. The van der Waals surface area contributed by atoms with Crippen molar-refractivity contribution >= 4 is 27.6 Å². The van der Waals surface area contributed by atoms with Crippen molar-refractivity contribution in [1.29, 1.82) is 0 Å². The number of aryl methyl sites for hydroxylation is 1. The van der Waals surface area contributed by atoms with Crippen LogP contribution in [0.5, 0.6) is 0 Å². The molecule has 0 spiro atoms. The Bertz CT molecular complexity index is 1020. The average Bonchev–Trinajstić information content (AvgIpc) is 2.60. The lowest BCUT2D eigenvalue weighted by molar-refractivity contribution is -0.129.